The van der Waals surface area contributed by atoms with Crippen molar-refractivity contribution in [1.82, 2.24) is 14.8 Å². The minimum absolute atomic E-state index is 0.0800. The van der Waals surface area contributed by atoms with Gasteiger partial charge < -0.3 is 10.8 Å². The Kier molecular flexibility index (Phi) is 4.66. The standard InChI is InChI=1S/C12H13BrN4O2S/c1-7(8-3-2-4-9(13)5-8)17-11(14)15-16-12(17)20-6-10(18)19/h2-5,7H,6H2,1H3,(H2,14,15)(H,18,19). The van der Waals surface area contributed by atoms with Crippen LogP contribution in [0.1, 0.15) is 18.5 Å². The van der Waals surface area contributed by atoms with Gasteiger partial charge in [0, 0.05) is 4.47 Å². The second-order valence-corrected chi connectivity index (χ2v) is 5.98. The van der Waals surface area contributed by atoms with Gasteiger partial charge in [-0.15, -0.1) is 10.2 Å². The first-order chi connectivity index (χ1) is 9.49. The molecule has 0 fully saturated rings. The molecule has 1 atom stereocenters. The molecule has 106 valence electrons. The number of aliphatic carboxylic acids is 1. The van der Waals surface area contributed by atoms with E-state index in [1.54, 1.807) is 4.57 Å². The van der Waals surface area contributed by atoms with E-state index in [1.165, 1.54) is 0 Å². The van der Waals surface area contributed by atoms with Crippen LogP contribution in [0.25, 0.3) is 0 Å². The maximum absolute atomic E-state index is 10.7. The van der Waals surface area contributed by atoms with Crippen LogP contribution in [0.2, 0.25) is 0 Å². The summed E-state index contributed by atoms with van der Waals surface area (Å²) in [5, 5.41) is 17.0. The van der Waals surface area contributed by atoms with E-state index in [-0.39, 0.29) is 17.7 Å². The number of carboxylic acid groups (broad SMARTS) is 1. The third kappa shape index (κ3) is 3.31. The number of anilines is 1. The SMILES string of the molecule is CC(c1cccc(Br)c1)n1c(N)nnc1SCC(=O)O. The topological polar surface area (TPSA) is 94.0 Å². The molecule has 0 saturated carbocycles. The lowest BCUT2D eigenvalue weighted by molar-refractivity contribution is -0.133. The molecule has 20 heavy (non-hydrogen) atoms. The van der Waals surface area contributed by atoms with E-state index in [1.807, 2.05) is 31.2 Å². The highest BCUT2D eigenvalue weighted by molar-refractivity contribution is 9.10. The maximum Gasteiger partial charge on any atom is 0.313 e. The van der Waals surface area contributed by atoms with Crippen LogP contribution >= 0.6 is 27.7 Å². The molecule has 0 spiro atoms. The average molecular weight is 357 g/mol. The molecule has 2 rings (SSSR count). The molecule has 3 N–H and O–H groups in total. The molecule has 0 amide bonds. The Bertz CT molecular complexity index is 632. The number of nitrogens with two attached hydrogens (primary N) is 1. The minimum Gasteiger partial charge on any atom is -0.481 e. The summed E-state index contributed by atoms with van der Waals surface area (Å²) in [5.41, 5.74) is 6.87. The molecule has 0 aliphatic heterocycles. The first-order valence-corrected chi connectivity index (χ1v) is 7.57. The summed E-state index contributed by atoms with van der Waals surface area (Å²) < 4.78 is 2.70. The molecular weight excluding hydrogens is 344 g/mol. The Morgan fingerprint density at radius 3 is 2.95 bits per heavy atom. The molecule has 0 aliphatic carbocycles. The van der Waals surface area contributed by atoms with Gasteiger partial charge in [-0.25, -0.2) is 0 Å². The monoisotopic (exact) mass is 356 g/mol. The van der Waals surface area contributed by atoms with Crippen LogP contribution in [0.3, 0.4) is 0 Å². The predicted molar refractivity (Wildman–Crippen MR) is 80.7 cm³/mol. The summed E-state index contributed by atoms with van der Waals surface area (Å²) in [6, 6.07) is 7.74. The summed E-state index contributed by atoms with van der Waals surface area (Å²) in [4.78, 5) is 10.7. The van der Waals surface area contributed by atoms with Gasteiger partial charge in [-0.1, -0.05) is 39.8 Å². The number of carboxylic acids is 1. The van der Waals surface area contributed by atoms with Crippen LogP contribution in [0, 0.1) is 0 Å². The number of hydrogen-bond donors (Lipinski definition) is 2. The lowest BCUT2D eigenvalue weighted by Crippen LogP contribution is -2.12. The first-order valence-electron chi connectivity index (χ1n) is 5.79. The molecule has 1 aromatic carbocycles. The van der Waals surface area contributed by atoms with Gasteiger partial charge in [-0.05, 0) is 24.6 Å². The summed E-state index contributed by atoms with van der Waals surface area (Å²) >= 11 is 4.53. The van der Waals surface area contributed by atoms with Gasteiger partial charge in [-0.3, -0.25) is 9.36 Å². The molecule has 2 aromatic rings. The second-order valence-electron chi connectivity index (χ2n) is 4.12. The van der Waals surface area contributed by atoms with Gasteiger partial charge in [0.25, 0.3) is 0 Å². The molecule has 1 aromatic heterocycles. The van der Waals surface area contributed by atoms with Gasteiger partial charge in [-0.2, -0.15) is 0 Å². The lowest BCUT2D eigenvalue weighted by Gasteiger charge is -2.17. The number of thioether (sulfide) groups is 1. The van der Waals surface area contributed by atoms with E-state index < -0.39 is 5.97 Å². The Morgan fingerprint density at radius 1 is 1.55 bits per heavy atom. The fourth-order valence-corrected chi connectivity index (χ4v) is 2.95. The molecule has 0 saturated heterocycles. The summed E-state index contributed by atoms with van der Waals surface area (Å²) in [7, 11) is 0. The quantitative estimate of drug-likeness (QED) is 0.798. The molecule has 1 heterocycles. The smallest absolute Gasteiger partial charge is 0.313 e. The number of benzene rings is 1. The Morgan fingerprint density at radius 2 is 2.30 bits per heavy atom. The number of nitrogens with zero attached hydrogens (tertiary/aromatic N) is 3. The van der Waals surface area contributed by atoms with Gasteiger partial charge in [0.1, 0.15) is 0 Å². The fraction of sp³-hybridized carbons (Fsp3) is 0.250. The summed E-state index contributed by atoms with van der Waals surface area (Å²) in [6.45, 7) is 1.96. The number of aromatic nitrogens is 3. The van der Waals surface area contributed by atoms with Crippen molar-refractivity contribution in [3.63, 3.8) is 0 Å². The zero-order valence-electron chi connectivity index (χ0n) is 10.7. The van der Waals surface area contributed by atoms with Crippen LogP contribution in [0.15, 0.2) is 33.9 Å². The van der Waals surface area contributed by atoms with E-state index in [0.717, 1.165) is 21.8 Å². The third-order valence-corrected chi connectivity index (χ3v) is 4.16. The summed E-state index contributed by atoms with van der Waals surface area (Å²) in [6.07, 6.45) is 0. The van der Waals surface area contributed by atoms with E-state index in [4.69, 9.17) is 10.8 Å². The number of halogens is 1. The van der Waals surface area contributed by atoms with Crippen LogP contribution in [-0.2, 0) is 4.79 Å². The number of rotatable bonds is 5. The zero-order valence-corrected chi connectivity index (χ0v) is 13.1. The molecule has 6 nitrogen and oxygen atoms in total. The molecule has 0 bridgehead atoms. The number of nitrogen functional groups attached to an aromatic ring is 1. The largest absolute Gasteiger partial charge is 0.481 e. The molecule has 0 aliphatic rings. The Labute approximate surface area is 128 Å². The minimum atomic E-state index is -0.904. The van der Waals surface area contributed by atoms with Crippen molar-refractivity contribution >= 4 is 39.6 Å². The van der Waals surface area contributed by atoms with Crippen LogP contribution in [-0.4, -0.2) is 31.6 Å². The van der Waals surface area contributed by atoms with Crippen molar-refractivity contribution in [2.45, 2.75) is 18.1 Å². The Balaban J connectivity index is 2.31. The number of hydrogen-bond acceptors (Lipinski definition) is 5. The van der Waals surface area contributed by atoms with Crippen LogP contribution < -0.4 is 5.73 Å². The molecule has 8 heteroatoms. The van der Waals surface area contributed by atoms with Crippen molar-refractivity contribution in [2.75, 3.05) is 11.5 Å². The van der Waals surface area contributed by atoms with Gasteiger partial charge >= 0.3 is 5.97 Å². The predicted octanol–water partition coefficient (Wildman–Crippen LogP) is 2.41. The highest BCUT2D eigenvalue weighted by atomic mass is 79.9. The Hall–Kier alpha value is -1.54. The molecular formula is C12H13BrN4O2S. The average Bonchev–Trinajstić information content (AvgIpc) is 2.76. The highest BCUT2D eigenvalue weighted by Gasteiger charge is 2.18. The summed E-state index contributed by atoms with van der Waals surface area (Å²) in [5.74, 6) is -0.716. The highest BCUT2D eigenvalue weighted by Crippen LogP contribution is 2.28. The van der Waals surface area contributed by atoms with Gasteiger partial charge in [0.2, 0.25) is 5.95 Å². The van der Waals surface area contributed by atoms with E-state index in [0.29, 0.717) is 5.16 Å². The maximum atomic E-state index is 10.7. The zero-order chi connectivity index (χ0) is 14.7. The van der Waals surface area contributed by atoms with Crippen molar-refractivity contribution in [2.24, 2.45) is 0 Å². The van der Waals surface area contributed by atoms with E-state index in [2.05, 4.69) is 26.1 Å². The van der Waals surface area contributed by atoms with Crippen molar-refractivity contribution in [3.05, 3.63) is 34.3 Å². The normalized spacial score (nSPS) is 12.3. The van der Waals surface area contributed by atoms with Crippen molar-refractivity contribution < 1.29 is 9.90 Å². The van der Waals surface area contributed by atoms with Crippen molar-refractivity contribution in [3.8, 4) is 0 Å². The lowest BCUT2D eigenvalue weighted by atomic mass is 10.1. The number of carbonyl (C=O) groups is 1. The first kappa shape index (κ1) is 14.9. The van der Waals surface area contributed by atoms with Crippen LogP contribution in [0.4, 0.5) is 5.95 Å². The van der Waals surface area contributed by atoms with E-state index >= 15 is 0 Å². The third-order valence-electron chi connectivity index (χ3n) is 2.73. The van der Waals surface area contributed by atoms with Crippen LogP contribution in [0.5, 0.6) is 0 Å². The van der Waals surface area contributed by atoms with Gasteiger partial charge in [0.15, 0.2) is 5.16 Å². The second kappa shape index (κ2) is 6.27. The van der Waals surface area contributed by atoms with Gasteiger partial charge in [0.05, 0.1) is 11.8 Å². The molecule has 0 radical (unpaired) electrons. The fourth-order valence-electron chi connectivity index (χ4n) is 1.79. The molecule has 1 unspecified atom stereocenters. The van der Waals surface area contributed by atoms with E-state index in [9.17, 15) is 4.79 Å². The van der Waals surface area contributed by atoms with Crippen molar-refractivity contribution in [1.29, 1.82) is 0 Å².